The summed E-state index contributed by atoms with van der Waals surface area (Å²) < 4.78 is 1.15. The van der Waals surface area contributed by atoms with Gasteiger partial charge in [0.05, 0.1) is 0 Å². The van der Waals surface area contributed by atoms with Crippen molar-refractivity contribution < 1.29 is 0 Å². The number of hydrogen-bond donors (Lipinski definition) is 1. The first kappa shape index (κ1) is 10.2. The summed E-state index contributed by atoms with van der Waals surface area (Å²) in [4.78, 5) is 0. The Kier molecular flexibility index (Phi) is 3.60. The topological polar surface area (TPSA) is 12.0 Å². The van der Waals surface area contributed by atoms with Crippen LogP contribution in [0.4, 0.5) is 0 Å². The van der Waals surface area contributed by atoms with Crippen LogP contribution in [0.3, 0.4) is 0 Å². The van der Waals surface area contributed by atoms with Crippen LogP contribution in [0.2, 0.25) is 0 Å². The van der Waals surface area contributed by atoms with Gasteiger partial charge in [-0.25, -0.2) is 0 Å². The molecule has 0 radical (unpaired) electrons. The molecule has 0 aliphatic heterocycles. The van der Waals surface area contributed by atoms with Crippen LogP contribution in [-0.4, -0.2) is 6.04 Å². The van der Waals surface area contributed by atoms with E-state index in [0.29, 0.717) is 0 Å². The summed E-state index contributed by atoms with van der Waals surface area (Å²) in [6, 6.07) is 9.31. The summed E-state index contributed by atoms with van der Waals surface area (Å²) >= 11 is 3.44. The number of halogens is 1. The molecular formula is C12H16BrN. The molecule has 0 heterocycles. The Labute approximate surface area is 94.0 Å². The second-order valence-electron chi connectivity index (χ2n) is 3.99. The van der Waals surface area contributed by atoms with Crippen LogP contribution in [0.1, 0.15) is 31.2 Å². The molecule has 2 rings (SSSR count). The van der Waals surface area contributed by atoms with Crippen LogP contribution in [-0.2, 0) is 6.54 Å². The van der Waals surface area contributed by atoms with E-state index in [1.54, 1.807) is 0 Å². The van der Waals surface area contributed by atoms with Gasteiger partial charge >= 0.3 is 0 Å². The third-order valence-electron chi connectivity index (χ3n) is 2.86. The van der Waals surface area contributed by atoms with Crippen molar-refractivity contribution in [2.24, 2.45) is 0 Å². The van der Waals surface area contributed by atoms with E-state index in [2.05, 4.69) is 45.5 Å². The van der Waals surface area contributed by atoms with Gasteiger partial charge in [-0.15, -0.1) is 0 Å². The number of hydrogen-bond acceptors (Lipinski definition) is 1. The quantitative estimate of drug-likeness (QED) is 0.870. The average molecular weight is 254 g/mol. The lowest BCUT2D eigenvalue weighted by Crippen LogP contribution is -2.25. The van der Waals surface area contributed by atoms with Crippen LogP contribution < -0.4 is 5.32 Å². The van der Waals surface area contributed by atoms with E-state index < -0.39 is 0 Å². The molecular weight excluding hydrogens is 238 g/mol. The Morgan fingerprint density at radius 1 is 1.14 bits per heavy atom. The standard InChI is InChI=1S/C12H16BrN/c13-11-7-5-10(6-8-11)9-14-12-3-1-2-4-12/h5-8,12,14H,1-4,9H2. The van der Waals surface area contributed by atoms with E-state index in [9.17, 15) is 0 Å². The molecule has 1 N–H and O–H groups in total. The highest BCUT2D eigenvalue weighted by Crippen LogP contribution is 2.18. The summed E-state index contributed by atoms with van der Waals surface area (Å²) in [7, 11) is 0. The Balaban J connectivity index is 1.82. The van der Waals surface area contributed by atoms with Gasteiger partial charge in [0.25, 0.3) is 0 Å². The zero-order chi connectivity index (χ0) is 9.80. The lowest BCUT2D eigenvalue weighted by Gasteiger charge is -2.11. The van der Waals surface area contributed by atoms with Gasteiger partial charge in [-0.05, 0) is 30.5 Å². The Morgan fingerprint density at radius 2 is 1.79 bits per heavy atom. The highest BCUT2D eigenvalue weighted by atomic mass is 79.9. The van der Waals surface area contributed by atoms with Crippen molar-refractivity contribution in [3.63, 3.8) is 0 Å². The minimum absolute atomic E-state index is 0.763. The van der Waals surface area contributed by atoms with Crippen LogP contribution in [0.25, 0.3) is 0 Å². The summed E-state index contributed by atoms with van der Waals surface area (Å²) in [5.41, 5.74) is 1.38. The fraction of sp³-hybridized carbons (Fsp3) is 0.500. The average Bonchev–Trinajstić information content (AvgIpc) is 2.70. The van der Waals surface area contributed by atoms with Crippen molar-refractivity contribution in [3.8, 4) is 0 Å². The molecule has 14 heavy (non-hydrogen) atoms. The second kappa shape index (κ2) is 4.94. The summed E-state index contributed by atoms with van der Waals surface area (Å²) in [6.07, 6.45) is 5.52. The highest BCUT2D eigenvalue weighted by molar-refractivity contribution is 9.10. The van der Waals surface area contributed by atoms with E-state index in [-0.39, 0.29) is 0 Å². The van der Waals surface area contributed by atoms with Crippen molar-refractivity contribution in [2.45, 2.75) is 38.3 Å². The predicted molar refractivity (Wildman–Crippen MR) is 63.2 cm³/mol. The molecule has 1 nitrogen and oxygen atoms in total. The maximum Gasteiger partial charge on any atom is 0.0208 e. The van der Waals surface area contributed by atoms with Crippen molar-refractivity contribution in [2.75, 3.05) is 0 Å². The highest BCUT2D eigenvalue weighted by Gasteiger charge is 2.13. The van der Waals surface area contributed by atoms with Gasteiger partial charge in [0.2, 0.25) is 0 Å². The number of rotatable bonds is 3. The molecule has 0 unspecified atom stereocenters. The number of nitrogens with one attached hydrogen (secondary N) is 1. The van der Waals surface area contributed by atoms with E-state index >= 15 is 0 Å². The molecule has 1 aliphatic rings. The summed E-state index contributed by atoms with van der Waals surface area (Å²) in [5.74, 6) is 0. The fourth-order valence-corrected chi connectivity index (χ4v) is 2.26. The monoisotopic (exact) mass is 253 g/mol. The zero-order valence-corrected chi connectivity index (χ0v) is 9.89. The smallest absolute Gasteiger partial charge is 0.0208 e. The first-order valence-electron chi connectivity index (χ1n) is 5.32. The van der Waals surface area contributed by atoms with Crippen molar-refractivity contribution in [1.29, 1.82) is 0 Å². The largest absolute Gasteiger partial charge is 0.310 e. The molecule has 1 fully saturated rings. The number of benzene rings is 1. The van der Waals surface area contributed by atoms with Gasteiger partial charge in [0.15, 0.2) is 0 Å². The third-order valence-corrected chi connectivity index (χ3v) is 3.39. The van der Waals surface area contributed by atoms with Gasteiger partial charge in [0, 0.05) is 17.1 Å². The minimum Gasteiger partial charge on any atom is -0.310 e. The van der Waals surface area contributed by atoms with E-state index in [1.807, 2.05) is 0 Å². The Hall–Kier alpha value is -0.340. The fourth-order valence-electron chi connectivity index (χ4n) is 1.99. The predicted octanol–water partition coefficient (Wildman–Crippen LogP) is 3.48. The van der Waals surface area contributed by atoms with E-state index in [0.717, 1.165) is 17.1 Å². The molecule has 0 amide bonds. The maximum atomic E-state index is 3.60. The maximum absolute atomic E-state index is 3.60. The molecule has 1 aromatic rings. The van der Waals surface area contributed by atoms with Gasteiger partial charge in [0.1, 0.15) is 0 Å². The van der Waals surface area contributed by atoms with Crippen LogP contribution in [0.15, 0.2) is 28.7 Å². The van der Waals surface area contributed by atoms with E-state index in [1.165, 1.54) is 31.2 Å². The molecule has 0 saturated heterocycles. The summed E-state index contributed by atoms with van der Waals surface area (Å²) in [5, 5.41) is 3.60. The lowest BCUT2D eigenvalue weighted by atomic mass is 10.2. The molecule has 0 atom stereocenters. The normalized spacial score (nSPS) is 17.5. The minimum atomic E-state index is 0.763. The zero-order valence-electron chi connectivity index (χ0n) is 8.30. The first-order chi connectivity index (χ1) is 6.84. The first-order valence-corrected chi connectivity index (χ1v) is 6.12. The van der Waals surface area contributed by atoms with Crippen molar-refractivity contribution in [1.82, 2.24) is 5.32 Å². The van der Waals surface area contributed by atoms with Gasteiger partial charge in [-0.1, -0.05) is 40.9 Å². The molecule has 1 saturated carbocycles. The molecule has 1 aromatic carbocycles. The van der Waals surface area contributed by atoms with Gasteiger partial charge in [-0.3, -0.25) is 0 Å². The molecule has 2 heteroatoms. The van der Waals surface area contributed by atoms with Crippen LogP contribution >= 0.6 is 15.9 Å². The second-order valence-corrected chi connectivity index (χ2v) is 4.90. The summed E-state index contributed by atoms with van der Waals surface area (Å²) in [6.45, 7) is 1.01. The molecule has 1 aliphatic carbocycles. The van der Waals surface area contributed by atoms with Crippen LogP contribution in [0.5, 0.6) is 0 Å². The lowest BCUT2D eigenvalue weighted by molar-refractivity contribution is 0.524. The van der Waals surface area contributed by atoms with Crippen LogP contribution in [0, 0.1) is 0 Å². The van der Waals surface area contributed by atoms with Crippen molar-refractivity contribution >= 4 is 15.9 Å². The molecule has 0 bridgehead atoms. The van der Waals surface area contributed by atoms with Crippen molar-refractivity contribution in [3.05, 3.63) is 34.3 Å². The van der Waals surface area contributed by atoms with Gasteiger partial charge < -0.3 is 5.32 Å². The van der Waals surface area contributed by atoms with E-state index in [4.69, 9.17) is 0 Å². The van der Waals surface area contributed by atoms with Gasteiger partial charge in [-0.2, -0.15) is 0 Å². The molecule has 76 valence electrons. The molecule has 0 aromatic heterocycles. The SMILES string of the molecule is Brc1ccc(CNC2CCCC2)cc1. The third kappa shape index (κ3) is 2.82. The Bertz CT molecular complexity index is 275. The molecule has 0 spiro atoms. The Morgan fingerprint density at radius 3 is 2.43 bits per heavy atom.